The Labute approximate surface area is 327 Å². The number of hydrogen-bond acceptors (Lipinski definition) is 15. The molecule has 18 atom stereocenters. The molecule has 0 bridgehead atoms. The van der Waals surface area contributed by atoms with Gasteiger partial charge < -0.3 is 58.5 Å². The van der Waals surface area contributed by atoms with Crippen LogP contribution in [0.1, 0.15) is 108 Å². The summed E-state index contributed by atoms with van der Waals surface area (Å²) in [7, 11) is 5.21. The van der Waals surface area contributed by atoms with Gasteiger partial charge in [-0.25, -0.2) is 0 Å². The van der Waals surface area contributed by atoms with E-state index >= 15 is 0 Å². The maximum atomic E-state index is 14.2. The smallest absolute Gasteiger partial charge is 0.311 e. The molecule has 320 valence electrons. The number of rotatable bonds is 9. The fraction of sp³-hybridized carbons (Fsp3) is 0.925. The van der Waals surface area contributed by atoms with Crippen LogP contribution >= 0.6 is 0 Å². The molecule has 3 saturated heterocycles. The minimum atomic E-state index is -2.01. The van der Waals surface area contributed by atoms with Crippen molar-refractivity contribution in [1.82, 2.24) is 4.90 Å². The standard InChI is InChI=1S/C40H71NO14/c1-15-27-40(11,48)33(44)22(5)30(43)20(3)18-38(9,47)35(55-37-32(53-28(42)16-2)26(41(12)13)17-21(4)50-37)23(6)31(24(7)36(46)52-27)54-29-19-39(10,49-14)34(45)25(8)51-29/h20-27,29,31-35,37,44-45,47-48H,15-19H2,1-14H3/t20-,21-,22+,23+,24-,25+,26+,27?,29+,31?,32-,33-,34+,35-,37+,38-,39-,40-/m1/s1. The lowest BCUT2D eigenvalue weighted by atomic mass is 9.74. The van der Waals surface area contributed by atoms with Gasteiger partial charge in [0.15, 0.2) is 18.7 Å². The number of ether oxygens (including phenoxy) is 7. The number of aliphatic hydroxyl groups excluding tert-OH is 2. The number of esters is 2. The van der Waals surface area contributed by atoms with Crippen LogP contribution in [0.3, 0.4) is 0 Å². The van der Waals surface area contributed by atoms with E-state index in [0.717, 1.165) is 0 Å². The average molecular weight is 790 g/mol. The number of nitrogens with zero attached hydrogens (tertiary/aromatic N) is 1. The molecule has 0 saturated carbocycles. The molecule has 3 fully saturated rings. The molecule has 2 unspecified atom stereocenters. The number of Topliss-reactive ketones (excluding diaryl/α,β-unsaturated/α-hetero) is 1. The van der Waals surface area contributed by atoms with E-state index < -0.39 is 114 Å². The lowest BCUT2D eigenvalue weighted by Gasteiger charge is -2.49. The molecule has 0 aromatic carbocycles. The highest BCUT2D eigenvalue weighted by Crippen LogP contribution is 2.41. The zero-order chi connectivity index (χ0) is 42.0. The summed E-state index contributed by atoms with van der Waals surface area (Å²) in [5.74, 6) is -5.59. The molecule has 0 aromatic rings. The summed E-state index contributed by atoms with van der Waals surface area (Å²) in [5.41, 5.74) is -4.92. The molecular weight excluding hydrogens is 718 g/mol. The van der Waals surface area contributed by atoms with Crippen LogP contribution in [0.2, 0.25) is 0 Å². The average Bonchev–Trinajstić information content (AvgIpc) is 3.11. The maximum Gasteiger partial charge on any atom is 0.311 e. The first kappa shape index (κ1) is 47.6. The Kier molecular flexibility index (Phi) is 16.3. The van der Waals surface area contributed by atoms with Crippen molar-refractivity contribution in [2.45, 2.75) is 193 Å². The first-order chi connectivity index (χ1) is 25.4. The van der Waals surface area contributed by atoms with Crippen LogP contribution in [0.15, 0.2) is 0 Å². The van der Waals surface area contributed by atoms with Gasteiger partial charge in [0.25, 0.3) is 0 Å². The molecule has 0 spiro atoms. The first-order valence-corrected chi connectivity index (χ1v) is 19.9. The molecule has 4 N–H and O–H groups in total. The predicted octanol–water partition coefficient (Wildman–Crippen LogP) is 2.75. The third kappa shape index (κ3) is 10.6. The van der Waals surface area contributed by atoms with Crippen molar-refractivity contribution in [2.24, 2.45) is 23.7 Å². The quantitative estimate of drug-likeness (QED) is 0.249. The monoisotopic (exact) mass is 789 g/mol. The van der Waals surface area contributed by atoms with E-state index in [4.69, 9.17) is 33.2 Å². The number of aliphatic hydroxyl groups is 4. The van der Waals surface area contributed by atoms with Crippen molar-refractivity contribution >= 4 is 17.7 Å². The van der Waals surface area contributed by atoms with E-state index in [2.05, 4.69) is 0 Å². The molecule has 3 aliphatic heterocycles. The van der Waals surface area contributed by atoms with Crippen molar-refractivity contribution < 1.29 is 68.0 Å². The molecule has 15 nitrogen and oxygen atoms in total. The maximum absolute atomic E-state index is 14.2. The SMILES string of the molecule is CCC(=O)O[C@H]1[C@H](O[C@@H]2[C@@H](C)C(O[C@H]3C[C@@](C)(OC)[C@@H](O)[C@H](C)O3)[C@@H](C)C(=O)OC(CC)[C@@](C)(O)[C@H](O)[C@@H](C)C(=O)[C@H](C)C[C@@]2(C)O)O[C@H](C)C[C@@H]1N(C)C. The Morgan fingerprint density at radius 3 is 2.05 bits per heavy atom. The molecular formula is C40H71NO14. The van der Waals surface area contributed by atoms with Gasteiger partial charge in [0, 0.05) is 37.7 Å². The topological polar surface area (TPSA) is 200 Å². The Hall–Kier alpha value is -1.79. The van der Waals surface area contributed by atoms with Gasteiger partial charge in [-0.1, -0.05) is 34.6 Å². The summed E-state index contributed by atoms with van der Waals surface area (Å²) in [6.45, 7) is 18.0. The molecule has 3 aliphatic rings. The van der Waals surface area contributed by atoms with E-state index in [-0.39, 0.29) is 37.8 Å². The van der Waals surface area contributed by atoms with Gasteiger partial charge in [0.2, 0.25) is 0 Å². The van der Waals surface area contributed by atoms with E-state index in [9.17, 15) is 34.8 Å². The van der Waals surface area contributed by atoms with E-state index in [1.54, 1.807) is 48.5 Å². The Balaban J connectivity index is 2.24. The van der Waals surface area contributed by atoms with Crippen LogP contribution < -0.4 is 0 Å². The summed E-state index contributed by atoms with van der Waals surface area (Å²) in [6.07, 6.45) is -9.68. The first-order valence-electron chi connectivity index (χ1n) is 19.9. The minimum Gasteiger partial charge on any atom is -0.459 e. The lowest BCUT2D eigenvalue weighted by Crippen LogP contribution is -2.61. The molecule has 0 radical (unpaired) electrons. The Morgan fingerprint density at radius 1 is 0.891 bits per heavy atom. The van der Waals surface area contributed by atoms with Crippen LogP contribution in [0.4, 0.5) is 0 Å². The van der Waals surface area contributed by atoms with Crippen LogP contribution in [0.5, 0.6) is 0 Å². The van der Waals surface area contributed by atoms with Crippen molar-refractivity contribution in [1.29, 1.82) is 0 Å². The van der Waals surface area contributed by atoms with E-state index in [1.165, 1.54) is 27.9 Å². The number of likely N-dealkylation sites (N-methyl/N-ethyl adjacent to an activating group) is 1. The molecule has 0 aliphatic carbocycles. The second kappa shape index (κ2) is 18.9. The highest BCUT2D eigenvalue weighted by Gasteiger charge is 2.54. The highest BCUT2D eigenvalue weighted by molar-refractivity contribution is 5.83. The molecule has 55 heavy (non-hydrogen) atoms. The van der Waals surface area contributed by atoms with E-state index in [0.29, 0.717) is 6.42 Å². The number of hydrogen-bond donors (Lipinski definition) is 4. The van der Waals surface area contributed by atoms with Crippen LogP contribution in [-0.4, -0.2) is 149 Å². The number of cyclic esters (lactones) is 1. The van der Waals surface area contributed by atoms with Crippen molar-refractivity contribution in [2.75, 3.05) is 21.2 Å². The Bertz CT molecular complexity index is 1290. The van der Waals surface area contributed by atoms with Crippen LogP contribution in [0.25, 0.3) is 0 Å². The second-order valence-corrected chi connectivity index (χ2v) is 17.3. The molecule has 3 heterocycles. The van der Waals surface area contributed by atoms with Gasteiger partial charge in [-0.05, 0) is 74.9 Å². The highest BCUT2D eigenvalue weighted by atomic mass is 16.7. The fourth-order valence-electron chi connectivity index (χ4n) is 8.76. The molecule has 3 rings (SSSR count). The molecule has 0 amide bonds. The number of methoxy groups -OCH3 is 1. The Morgan fingerprint density at radius 2 is 1.51 bits per heavy atom. The second-order valence-electron chi connectivity index (χ2n) is 17.3. The number of ketones is 1. The van der Waals surface area contributed by atoms with Gasteiger partial charge in [-0.3, -0.25) is 14.4 Å². The fourth-order valence-corrected chi connectivity index (χ4v) is 8.76. The summed E-state index contributed by atoms with van der Waals surface area (Å²) in [6, 6.07) is -0.319. The van der Waals surface area contributed by atoms with Gasteiger partial charge in [-0.2, -0.15) is 0 Å². The summed E-state index contributed by atoms with van der Waals surface area (Å²) < 4.78 is 43.6. The lowest BCUT2D eigenvalue weighted by molar-refractivity contribution is -0.319. The zero-order valence-corrected chi connectivity index (χ0v) is 35.5. The summed E-state index contributed by atoms with van der Waals surface area (Å²) in [4.78, 5) is 42.9. The van der Waals surface area contributed by atoms with Gasteiger partial charge in [-0.15, -0.1) is 0 Å². The number of carbonyl (C=O) groups excluding carboxylic acids is 3. The zero-order valence-electron chi connectivity index (χ0n) is 35.5. The number of carbonyl (C=O) groups is 3. The van der Waals surface area contributed by atoms with Gasteiger partial charge in [0.05, 0.1) is 53.7 Å². The third-order valence-corrected chi connectivity index (χ3v) is 12.4. The molecule has 15 heteroatoms. The predicted molar refractivity (Wildman–Crippen MR) is 200 cm³/mol. The van der Waals surface area contributed by atoms with Crippen molar-refractivity contribution in [3.8, 4) is 0 Å². The minimum absolute atomic E-state index is 0.0760. The van der Waals surface area contributed by atoms with Crippen molar-refractivity contribution in [3.63, 3.8) is 0 Å². The summed E-state index contributed by atoms with van der Waals surface area (Å²) in [5, 5.41) is 46.6. The van der Waals surface area contributed by atoms with E-state index in [1.807, 2.05) is 25.9 Å². The molecule has 0 aromatic heterocycles. The van der Waals surface area contributed by atoms with Gasteiger partial charge >= 0.3 is 11.9 Å². The van der Waals surface area contributed by atoms with Crippen molar-refractivity contribution in [3.05, 3.63) is 0 Å². The largest absolute Gasteiger partial charge is 0.459 e. The normalized spacial score (nSPS) is 46.9. The third-order valence-electron chi connectivity index (χ3n) is 12.4. The summed E-state index contributed by atoms with van der Waals surface area (Å²) >= 11 is 0. The van der Waals surface area contributed by atoms with Gasteiger partial charge in [0.1, 0.15) is 23.6 Å². The van der Waals surface area contributed by atoms with Crippen LogP contribution in [-0.2, 0) is 47.5 Å². The van der Waals surface area contributed by atoms with Crippen LogP contribution in [0, 0.1) is 23.7 Å².